The zero-order valence-corrected chi connectivity index (χ0v) is 14.6. The van der Waals surface area contributed by atoms with Gasteiger partial charge in [0.25, 0.3) is 5.56 Å². The summed E-state index contributed by atoms with van der Waals surface area (Å²) in [6.45, 7) is 0. The molecule has 6 nitrogen and oxygen atoms in total. The summed E-state index contributed by atoms with van der Waals surface area (Å²) in [4.78, 5) is 25.1. The standard InChI is InChI=1S/C14H9BrN4O2S2/c15-8-3-1-2-7(4-8)10-6-23-14(17-10)16-5-9-11(20)18-13(22)19-12(9)21/h1-6H,(H3,18,19,20,21,22). The maximum absolute atomic E-state index is 11.7. The first kappa shape index (κ1) is 15.8. The molecular formula is C14H9BrN4O2S2. The van der Waals surface area contributed by atoms with E-state index in [4.69, 9.17) is 12.2 Å². The van der Waals surface area contributed by atoms with Crippen LogP contribution in [0.2, 0.25) is 0 Å². The van der Waals surface area contributed by atoms with Crippen molar-refractivity contribution in [2.75, 3.05) is 0 Å². The quantitative estimate of drug-likeness (QED) is 0.453. The topological polar surface area (TPSA) is 94.1 Å². The molecule has 2 aromatic heterocycles. The van der Waals surface area contributed by atoms with Gasteiger partial charge in [-0.25, -0.2) is 9.98 Å². The Morgan fingerprint density at radius 1 is 1.39 bits per heavy atom. The Labute approximate surface area is 147 Å². The maximum atomic E-state index is 11.7. The Balaban J connectivity index is 1.90. The zero-order valence-electron chi connectivity index (χ0n) is 11.4. The minimum Gasteiger partial charge on any atom is -0.494 e. The average Bonchev–Trinajstić information content (AvgIpc) is 2.95. The molecule has 1 aromatic carbocycles. The first-order valence-corrected chi connectivity index (χ1v) is 8.42. The maximum Gasteiger partial charge on any atom is 0.264 e. The van der Waals surface area contributed by atoms with Crippen molar-refractivity contribution in [3.63, 3.8) is 0 Å². The number of aromatic nitrogens is 3. The molecule has 23 heavy (non-hydrogen) atoms. The summed E-state index contributed by atoms with van der Waals surface area (Å²) in [5.41, 5.74) is 1.23. The van der Waals surface area contributed by atoms with Crippen LogP contribution in [0.25, 0.3) is 11.3 Å². The summed E-state index contributed by atoms with van der Waals surface area (Å²) in [6.07, 6.45) is 1.25. The summed E-state index contributed by atoms with van der Waals surface area (Å²) < 4.78 is 1.01. The van der Waals surface area contributed by atoms with E-state index in [0.29, 0.717) is 5.13 Å². The lowest BCUT2D eigenvalue weighted by Gasteiger charge is -1.97. The van der Waals surface area contributed by atoms with Crippen molar-refractivity contribution in [2.45, 2.75) is 0 Å². The number of nitrogens with one attached hydrogen (secondary N) is 2. The normalized spacial score (nSPS) is 11.2. The van der Waals surface area contributed by atoms with Gasteiger partial charge in [-0.2, -0.15) is 0 Å². The fourth-order valence-corrected chi connectivity index (χ4v) is 3.09. The van der Waals surface area contributed by atoms with Crippen molar-refractivity contribution in [3.8, 4) is 17.1 Å². The summed E-state index contributed by atoms with van der Waals surface area (Å²) in [5, 5.41) is 12.1. The molecule has 0 saturated carbocycles. The molecule has 2 heterocycles. The van der Waals surface area contributed by atoms with Crippen LogP contribution in [0.3, 0.4) is 0 Å². The van der Waals surface area contributed by atoms with E-state index in [-0.39, 0.29) is 16.2 Å². The molecule has 116 valence electrons. The second-order valence-corrected chi connectivity index (χ2v) is 6.61. The van der Waals surface area contributed by atoms with Crippen LogP contribution >= 0.6 is 39.5 Å². The number of aromatic hydroxyl groups is 1. The third kappa shape index (κ3) is 3.63. The third-order valence-corrected chi connectivity index (χ3v) is 4.32. The van der Waals surface area contributed by atoms with E-state index in [9.17, 15) is 9.90 Å². The number of rotatable bonds is 3. The second-order valence-electron chi connectivity index (χ2n) is 4.45. The Morgan fingerprint density at radius 2 is 2.22 bits per heavy atom. The van der Waals surface area contributed by atoms with E-state index in [0.717, 1.165) is 15.7 Å². The number of thiazole rings is 1. The largest absolute Gasteiger partial charge is 0.494 e. The van der Waals surface area contributed by atoms with Crippen LogP contribution in [0.1, 0.15) is 5.56 Å². The lowest BCUT2D eigenvalue weighted by atomic mass is 10.2. The van der Waals surface area contributed by atoms with Gasteiger partial charge >= 0.3 is 0 Å². The van der Waals surface area contributed by atoms with Gasteiger partial charge in [-0.3, -0.25) is 9.78 Å². The molecule has 3 aromatic rings. The molecule has 0 aliphatic rings. The van der Waals surface area contributed by atoms with Crippen LogP contribution < -0.4 is 5.56 Å². The molecule has 0 unspecified atom stereocenters. The van der Waals surface area contributed by atoms with Gasteiger partial charge in [-0.1, -0.05) is 28.1 Å². The second kappa shape index (κ2) is 6.57. The molecule has 0 atom stereocenters. The monoisotopic (exact) mass is 408 g/mol. The molecule has 0 radical (unpaired) electrons. The van der Waals surface area contributed by atoms with Crippen molar-refractivity contribution < 1.29 is 5.11 Å². The van der Waals surface area contributed by atoms with Gasteiger partial charge in [0.15, 0.2) is 4.77 Å². The molecular weight excluding hydrogens is 400 g/mol. The molecule has 0 aliphatic heterocycles. The molecule has 0 amide bonds. The van der Waals surface area contributed by atoms with Gasteiger partial charge < -0.3 is 10.1 Å². The number of hydrogen-bond donors (Lipinski definition) is 3. The van der Waals surface area contributed by atoms with Crippen LogP contribution in [-0.2, 0) is 0 Å². The minimum atomic E-state index is -0.515. The van der Waals surface area contributed by atoms with Gasteiger partial charge in [0, 0.05) is 21.6 Å². The molecule has 0 saturated heterocycles. The molecule has 0 bridgehead atoms. The molecule has 0 aliphatic carbocycles. The number of benzene rings is 1. The SMILES string of the molecule is O=c1[nH]c(=S)[nH]c(O)c1C=Nc1nc(-c2cccc(Br)c2)cs1. The van der Waals surface area contributed by atoms with Crippen molar-refractivity contribution in [1.29, 1.82) is 0 Å². The summed E-state index contributed by atoms with van der Waals surface area (Å²) in [6, 6.07) is 7.76. The number of halogens is 1. The van der Waals surface area contributed by atoms with E-state index >= 15 is 0 Å². The fourth-order valence-electron chi connectivity index (χ4n) is 1.83. The van der Waals surface area contributed by atoms with Gasteiger partial charge in [0.05, 0.1) is 5.69 Å². The van der Waals surface area contributed by atoms with Gasteiger partial charge in [-0.15, -0.1) is 11.3 Å². The van der Waals surface area contributed by atoms with E-state index in [1.807, 2.05) is 29.6 Å². The van der Waals surface area contributed by atoms with Crippen LogP contribution in [0.5, 0.6) is 5.88 Å². The Morgan fingerprint density at radius 3 is 2.96 bits per heavy atom. The number of aromatic amines is 2. The van der Waals surface area contributed by atoms with Crippen LogP contribution in [0, 0.1) is 4.77 Å². The Bertz CT molecular complexity index is 1010. The summed E-state index contributed by atoms with van der Waals surface area (Å²) >= 11 is 9.52. The lowest BCUT2D eigenvalue weighted by molar-refractivity contribution is 0.449. The van der Waals surface area contributed by atoms with Crippen molar-refractivity contribution >= 4 is 50.8 Å². The Hall–Kier alpha value is -2.10. The number of hydrogen-bond acceptors (Lipinski definition) is 6. The van der Waals surface area contributed by atoms with E-state index < -0.39 is 5.56 Å². The van der Waals surface area contributed by atoms with Crippen molar-refractivity contribution in [2.24, 2.45) is 4.99 Å². The van der Waals surface area contributed by atoms with Crippen LogP contribution in [0.15, 0.2) is 43.9 Å². The van der Waals surface area contributed by atoms with E-state index in [1.54, 1.807) is 0 Å². The molecule has 3 rings (SSSR count). The first-order chi connectivity index (χ1) is 11.0. The Kier molecular flexibility index (Phi) is 4.51. The molecule has 3 N–H and O–H groups in total. The highest BCUT2D eigenvalue weighted by Crippen LogP contribution is 2.28. The highest BCUT2D eigenvalue weighted by Gasteiger charge is 2.07. The predicted molar refractivity (Wildman–Crippen MR) is 96.4 cm³/mol. The molecule has 9 heteroatoms. The summed E-state index contributed by atoms with van der Waals surface area (Å²) in [7, 11) is 0. The van der Waals surface area contributed by atoms with Gasteiger partial charge in [0.2, 0.25) is 11.0 Å². The summed E-state index contributed by atoms with van der Waals surface area (Å²) in [5.74, 6) is -0.328. The zero-order chi connectivity index (χ0) is 16.4. The number of H-pyrrole nitrogens is 2. The average molecular weight is 409 g/mol. The predicted octanol–water partition coefficient (Wildman–Crippen LogP) is 3.77. The van der Waals surface area contributed by atoms with Crippen LogP contribution in [-0.4, -0.2) is 26.3 Å². The third-order valence-electron chi connectivity index (χ3n) is 2.88. The number of nitrogens with zero attached hydrogens (tertiary/aromatic N) is 2. The van der Waals surface area contributed by atoms with Gasteiger partial charge in [-0.05, 0) is 24.4 Å². The lowest BCUT2D eigenvalue weighted by Crippen LogP contribution is -2.13. The highest BCUT2D eigenvalue weighted by molar-refractivity contribution is 9.10. The van der Waals surface area contributed by atoms with E-state index in [1.165, 1.54) is 17.6 Å². The van der Waals surface area contributed by atoms with Crippen LogP contribution in [0.4, 0.5) is 5.13 Å². The fraction of sp³-hybridized carbons (Fsp3) is 0. The minimum absolute atomic E-state index is 0.00203. The van der Waals surface area contributed by atoms with Crippen molar-refractivity contribution in [3.05, 3.63) is 54.8 Å². The molecule has 0 spiro atoms. The number of aliphatic imine (C=N–C) groups is 1. The van der Waals surface area contributed by atoms with Gasteiger partial charge in [0.1, 0.15) is 5.56 Å². The highest BCUT2D eigenvalue weighted by atomic mass is 79.9. The van der Waals surface area contributed by atoms with E-state index in [2.05, 4.69) is 35.9 Å². The molecule has 0 fully saturated rings. The van der Waals surface area contributed by atoms with Crippen molar-refractivity contribution in [1.82, 2.24) is 15.0 Å². The first-order valence-electron chi connectivity index (χ1n) is 6.34. The smallest absolute Gasteiger partial charge is 0.264 e.